The second-order valence-electron chi connectivity index (χ2n) is 5.28. The Hall–Kier alpha value is -0.880. The zero-order valence-electron chi connectivity index (χ0n) is 11.2. The fourth-order valence-electron chi connectivity index (χ4n) is 2.91. The van der Waals surface area contributed by atoms with Crippen LogP contribution in [0.15, 0.2) is 23.1 Å². The van der Waals surface area contributed by atoms with Crippen molar-refractivity contribution >= 4 is 11.6 Å². The maximum absolute atomic E-state index is 13.5. The lowest BCUT2D eigenvalue weighted by molar-refractivity contribution is -0.199. The molecule has 0 aromatic carbocycles. The van der Waals surface area contributed by atoms with Gasteiger partial charge in [-0.25, -0.2) is 0 Å². The molecular weight excluding hydrogens is 293 g/mol. The number of likely N-dealkylation sites (N-methyl/N-ethyl adjacent to an activating group) is 1. The third kappa shape index (κ3) is 3.23. The first-order valence-corrected chi connectivity index (χ1v) is 6.99. The SMILES string of the molecule is CN1C=C(Cl)C=C(O)C1C(N1CCCCC1)C(F)(F)F. The minimum Gasteiger partial charge on any atom is -0.510 e. The van der Waals surface area contributed by atoms with E-state index in [0.29, 0.717) is 13.1 Å². The molecule has 7 heteroatoms. The van der Waals surface area contributed by atoms with Crippen molar-refractivity contribution in [1.29, 1.82) is 0 Å². The Kier molecular flexibility index (Phi) is 4.54. The fraction of sp³-hybridized carbons (Fsp3) is 0.692. The molecule has 2 aliphatic heterocycles. The van der Waals surface area contributed by atoms with E-state index in [4.69, 9.17) is 11.6 Å². The maximum atomic E-state index is 13.5. The summed E-state index contributed by atoms with van der Waals surface area (Å²) in [6.45, 7) is 0.804. The lowest BCUT2D eigenvalue weighted by Crippen LogP contribution is -2.59. The van der Waals surface area contributed by atoms with Crippen LogP contribution in [0, 0.1) is 0 Å². The van der Waals surface area contributed by atoms with Gasteiger partial charge in [0.05, 0.1) is 5.03 Å². The van der Waals surface area contributed by atoms with Crippen LogP contribution >= 0.6 is 11.6 Å². The molecule has 0 aromatic heterocycles. The standard InChI is InChI=1S/C13H18ClF3N2O/c1-18-8-9(14)7-10(20)11(18)12(13(15,16)17)19-5-3-2-4-6-19/h7-8,11-12,20H,2-6H2,1H3. The Morgan fingerprint density at radius 1 is 1.30 bits per heavy atom. The highest BCUT2D eigenvalue weighted by molar-refractivity contribution is 6.31. The Bertz CT molecular complexity index is 416. The Morgan fingerprint density at radius 3 is 2.40 bits per heavy atom. The molecule has 1 N–H and O–H groups in total. The van der Waals surface area contributed by atoms with E-state index in [2.05, 4.69) is 0 Å². The van der Waals surface area contributed by atoms with Gasteiger partial charge in [0.1, 0.15) is 17.8 Å². The predicted molar refractivity (Wildman–Crippen MR) is 71.5 cm³/mol. The second-order valence-corrected chi connectivity index (χ2v) is 5.71. The molecule has 114 valence electrons. The van der Waals surface area contributed by atoms with Gasteiger partial charge in [0.25, 0.3) is 0 Å². The number of aliphatic hydroxyl groups excluding tert-OH is 1. The third-order valence-corrected chi connectivity index (χ3v) is 3.98. The van der Waals surface area contributed by atoms with Gasteiger partial charge < -0.3 is 10.0 Å². The zero-order valence-corrected chi connectivity index (χ0v) is 12.0. The van der Waals surface area contributed by atoms with E-state index in [0.717, 1.165) is 19.3 Å². The predicted octanol–water partition coefficient (Wildman–Crippen LogP) is 3.24. The molecule has 2 rings (SSSR count). The molecule has 1 saturated heterocycles. The molecule has 20 heavy (non-hydrogen) atoms. The number of halogens is 4. The van der Waals surface area contributed by atoms with E-state index < -0.39 is 18.3 Å². The van der Waals surface area contributed by atoms with Crippen LogP contribution < -0.4 is 0 Å². The van der Waals surface area contributed by atoms with Gasteiger partial charge in [-0.3, -0.25) is 4.90 Å². The van der Waals surface area contributed by atoms with Gasteiger partial charge in [0, 0.05) is 13.2 Å². The summed E-state index contributed by atoms with van der Waals surface area (Å²) in [4.78, 5) is 2.76. The number of aliphatic hydroxyl groups is 1. The van der Waals surface area contributed by atoms with Crippen LogP contribution in [0.1, 0.15) is 19.3 Å². The van der Waals surface area contributed by atoms with Crippen molar-refractivity contribution in [2.45, 2.75) is 37.5 Å². The number of rotatable bonds is 2. The van der Waals surface area contributed by atoms with Gasteiger partial charge in [-0.05, 0) is 32.0 Å². The van der Waals surface area contributed by atoms with Gasteiger partial charge in [0.15, 0.2) is 0 Å². The summed E-state index contributed by atoms with van der Waals surface area (Å²) in [5.74, 6) is -0.340. The molecule has 0 radical (unpaired) electrons. The third-order valence-electron chi connectivity index (χ3n) is 3.77. The van der Waals surface area contributed by atoms with E-state index in [1.165, 1.54) is 29.1 Å². The summed E-state index contributed by atoms with van der Waals surface area (Å²) in [7, 11) is 1.50. The van der Waals surface area contributed by atoms with Gasteiger partial charge in [-0.15, -0.1) is 0 Å². The van der Waals surface area contributed by atoms with Gasteiger partial charge in [0.2, 0.25) is 0 Å². The normalized spacial score (nSPS) is 27.1. The fourth-order valence-corrected chi connectivity index (χ4v) is 3.18. The van der Waals surface area contributed by atoms with Crippen LogP contribution in [-0.4, -0.2) is 53.3 Å². The van der Waals surface area contributed by atoms with Crippen molar-refractivity contribution < 1.29 is 18.3 Å². The van der Waals surface area contributed by atoms with Crippen molar-refractivity contribution in [1.82, 2.24) is 9.80 Å². The number of likely N-dealkylation sites (tertiary alicyclic amines) is 1. The molecule has 0 aliphatic carbocycles. The zero-order chi connectivity index (χ0) is 14.9. The summed E-state index contributed by atoms with van der Waals surface area (Å²) >= 11 is 5.76. The molecule has 3 nitrogen and oxygen atoms in total. The topological polar surface area (TPSA) is 26.7 Å². The number of nitrogens with zero attached hydrogens (tertiary/aromatic N) is 2. The van der Waals surface area contributed by atoms with Crippen LogP contribution in [-0.2, 0) is 0 Å². The van der Waals surface area contributed by atoms with Crippen molar-refractivity contribution in [3.05, 3.63) is 23.1 Å². The first-order valence-electron chi connectivity index (χ1n) is 6.61. The maximum Gasteiger partial charge on any atom is 0.406 e. The van der Waals surface area contributed by atoms with Crippen molar-refractivity contribution in [2.24, 2.45) is 0 Å². The average Bonchev–Trinajstić information content (AvgIpc) is 2.33. The molecule has 2 atom stereocenters. The van der Waals surface area contributed by atoms with E-state index in [9.17, 15) is 18.3 Å². The smallest absolute Gasteiger partial charge is 0.406 e. The molecule has 2 heterocycles. The van der Waals surface area contributed by atoms with Gasteiger partial charge >= 0.3 is 6.18 Å². The lowest BCUT2D eigenvalue weighted by atomic mass is 9.97. The van der Waals surface area contributed by atoms with Crippen molar-refractivity contribution in [3.8, 4) is 0 Å². The number of hydrogen-bond donors (Lipinski definition) is 1. The average molecular weight is 311 g/mol. The van der Waals surface area contributed by atoms with Crippen molar-refractivity contribution in [2.75, 3.05) is 20.1 Å². The summed E-state index contributed by atoms with van der Waals surface area (Å²) in [5.41, 5.74) is 0. The van der Waals surface area contributed by atoms with Crippen LogP contribution in [0.3, 0.4) is 0 Å². The summed E-state index contributed by atoms with van der Waals surface area (Å²) in [5, 5.41) is 10.2. The summed E-state index contributed by atoms with van der Waals surface area (Å²) in [6, 6.07) is -2.86. The summed E-state index contributed by atoms with van der Waals surface area (Å²) < 4.78 is 40.4. The molecule has 0 saturated carbocycles. The molecule has 2 aliphatic rings. The first-order chi connectivity index (χ1) is 9.30. The largest absolute Gasteiger partial charge is 0.510 e. The van der Waals surface area contributed by atoms with Crippen LogP contribution in [0.5, 0.6) is 0 Å². The summed E-state index contributed by atoms with van der Waals surface area (Å²) in [6.07, 6.45) is 0.655. The molecule has 1 fully saturated rings. The number of piperidine rings is 1. The van der Waals surface area contributed by atoms with E-state index >= 15 is 0 Å². The Balaban J connectivity index is 2.29. The monoisotopic (exact) mass is 310 g/mol. The minimum atomic E-state index is -4.41. The van der Waals surface area contributed by atoms with Gasteiger partial charge in [-0.1, -0.05) is 18.0 Å². The molecule has 0 bridgehead atoms. The lowest BCUT2D eigenvalue weighted by Gasteiger charge is -2.43. The quantitative estimate of drug-likeness (QED) is 0.848. The highest BCUT2D eigenvalue weighted by atomic mass is 35.5. The van der Waals surface area contributed by atoms with Gasteiger partial charge in [-0.2, -0.15) is 13.2 Å². The Morgan fingerprint density at radius 2 is 1.90 bits per heavy atom. The van der Waals surface area contributed by atoms with E-state index in [1.807, 2.05) is 0 Å². The van der Waals surface area contributed by atoms with E-state index in [1.54, 1.807) is 0 Å². The number of alkyl halides is 3. The van der Waals surface area contributed by atoms with E-state index in [-0.39, 0.29) is 10.8 Å². The molecule has 0 spiro atoms. The molecular formula is C13H18ClF3N2O. The molecule has 0 amide bonds. The Labute approximate surface area is 121 Å². The van der Waals surface area contributed by atoms with Crippen LogP contribution in [0.4, 0.5) is 13.2 Å². The highest BCUT2D eigenvalue weighted by Gasteiger charge is 2.51. The number of allylic oxidation sites excluding steroid dienone is 2. The van der Waals surface area contributed by atoms with Crippen LogP contribution in [0.25, 0.3) is 0 Å². The first kappa shape index (κ1) is 15.5. The second kappa shape index (κ2) is 5.85. The molecule has 2 unspecified atom stereocenters. The highest BCUT2D eigenvalue weighted by Crippen LogP contribution is 2.35. The number of hydrogen-bond acceptors (Lipinski definition) is 3. The molecule has 0 aromatic rings. The van der Waals surface area contributed by atoms with Crippen molar-refractivity contribution in [3.63, 3.8) is 0 Å². The minimum absolute atomic E-state index is 0.223. The van der Waals surface area contributed by atoms with Crippen LogP contribution in [0.2, 0.25) is 0 Å².